The van der Waals surface area contributed by atoms with Gasteiger partial charge in [0.2, 0.25) is 0 Å². The Labute approximate surface area is 69.7 Å². The molecule has 0 aromatic heterocycles. The van der Waals surface area contributed by atoms with Crippen LogP contribution in [0.15, 0.2) is 12.7 Å². The number of unbranched alkanes of at least 4 members (excludes halogenated alkanes) is 1. The number of allylic oxidation sites excluding steroid dienone is 1. The van der Waals surface area contributed by atoms with E-state index in [1.807, 2.05) is 6.08 Å². The molecule has 1 nitrogen and oxygen atoms in total. The molecule has 0 aromatic carbocycles. The van der Waals surface area contributed by atoms with Gasteiger partial charge in [0.15, 0.2) is 0 Å². The van der Waals surface area contributed by atoms with Gasteiger partial charge in [0.25, 0.3) is 0 Å². The molecule has 1 fully saturated rings. The summed E-state index contributed by atoms with van der Waals surface area (Å²) in [6.07, 6.45) is 9.61. The predicted octanol–water partition coefficient (Wildman–Crippen LogP) is 2.47. The van der Waals surface area contributed by atoms with Crippen LogP contribution in [0.5, 0.6) is 0 Å². The van der Waals surface area contributed by atoms with E-state index in [1.165, 1.54) is 32.1 Å². The first kappa shape index (κ1) is 8.79. The SMILES string of the molecule is C=CCCCC(N)CC1CC1. The highest BCUT2D eigenvalue weighted by atomic mass is 14.6. The summed E-state index contributed by atoms with van der Waals surface area (Å²) in [5.41, 5.74) is 5.92. The van der Waals surface area contributed by atoms with E-state index in [0.717, 1.165) is 12.3 Å². The minimum Gasteiger partial charge on any atom is -0.328 e. The van der Waals surface area contributed by atoms with Crippen LogP contribution in [-0.4, -0.2) is 6.04 Å². The molecule has 1 rings (SSSR count). The second-order valence-electron chi connectivity index (χ2n) is 3.66. The van der Waals surface area contributed by atoms with Gasteiger partial charge in [0.05, 0.1) is 0 Å². The monoisotopic (exact) mass is 153 g/mol. The van der Waals surface area contributed by atoms with E-state index < -0.39 is 0 Å². The van der Waals surface area contributed by atoms with Gasteiger partial charge in [-0.3, -0.25) is 0 Å². The van der Waals surface area contributed by atoms with Crippen molar-refractivity contribution < 1.29 is 0 Å². The average molecular weight is 153 g/mol. The topological polar surface area (TPSA) is 26.0 Å². The van der Waals surface area contributed by atoms with Crippen molar-refractivity contribution >= 4 is 0 Å². The van der Waals surface area contributed by atoms with Crippen molar-refractivity contribution in [2.24, 2.45) is 11.7 Å². The molecule has 1 atom stereocenters. The van der Waals surface area contributed by atoms with E-state index in [-0.39, 0.29) is 0 Å². The first-order valence-electron chi connectivity index (χ1n) is 4.69. The number of nitrogens with two attached hydrogens (primary N) is 1. The van der Waals surface area contributed by atoms with Crippen molar-refractivity contribution in [3.63, 3.8) is 0 Å². The Morgan fingerprint density at radius 3 is 2.82 bits per heavy atom. The van der Waals surface area contributed by atoms with Crippen LogP contribution in [0.25, 0.3) is 0 Å². The van der Waals surface area contributed by atoms with Crippen LogP contribution >= 0.6 is 0 Å². The summed E-state index contributed by atoms with van der Waals surface area (Å²) in [5, 5.41) is 0. The molecular weight excluding hydrogens is 134 g/mol. The molecule has 2 N–H and O–H groups in total. The second kappa shape index (κ2) is 4.55. The third-order valence-electron chi connectivity index (χ3n) is 2.32. The Bertz CT molecular complexity index is 116. The molecule has 0 bridgehead atoms. The molecule has 1 aliphatic rings. The average Bonchev–Trinajstić information content (AvgIpc) is 2.72. The highest BCUT2D eigenvalue weighted by Crippen LogP contribution is 2.33. The smallest absolute Gasteiger partial charge is 0.00415 e. The third-order valence-corrected chi connectivity index (χ3v) is 2.32. The third kappa shape index (κ3) is 4.20. The molecule has 1 heteroatoms. The Hall–Kier alpha value is -0.300. The van der Waals surface area contributed by atoms with Gasteiger partial charge in [0, 0.05) is 6.04 Å². The fraction of sp³-hybridized carbons (Fsp3) is 0.800. The molecule has 1 aliphatic carbocycles. The van der Waals surface area contributed by atoms with Crippen LogP contribution in [0.3, 0.4) is 0 Å². The number of hydrogen-bond acceptors (Lipinski definition) is 1. The maximum absolute atomic E-state index is 5.92. The summed E-state index contributed by atoms with van der Waals surface area (Å²) in [7, 11) is 0. The van der Waals surface area contributed by atoms with Crippen LogP contribution in [0, 0.1) is 5.92 Å². The number of hydrogen-bond donors (Lipinski definition) is 1. The lowest BCUT2D eigenvalue weighted by atomic mass is 10.0. The molecular formula is C10H19N. The van der Waals surface area contributed by atoms with Gasteiger partial charge in [-0.25, -0.2) is 0 Å². The molecule has 1 saturated carbocycles. The summed E-state index contributed by atoms with van der Waals surface area (Å²) in [6.45, 7) is 3.69. The molecule has 0 aromatic rings. The standard InChI is InChI=1S/C10H19N/c1-2-3-4-5-10(11)8-9-6-7-9/h2,9-10H,1,3-8,11H2. The van der Waals surface area contributed by atoms with Gasteiger partial charge < -0.3 is 5.73 Å². The van der Waals surface area contributed by atoms with E-state index >= 15 is 0 Å². The largest absolute Gasteiger partial charge is 0.328 e. The van der Waals surface area contributed by atoms with Gasteiger partial charge in [-0.05, 0) is 31.6 Å². The summed E-state index contributed by atoms with van der Waals surface area (Å²) in [4.78, 5) is 0. The Morgan fingerprint density at radius 1 is 1.55 bits per heavy atom. The minimum atomic E-state index is 0.461. The van der Waals surface area contributed by atoms with Crippen LogP contribution in [0.2, 0.25) is 0 Å². The zero-order valence-corrected chi connectivity index (χ0v) is 7.26. The minimum absolute atomic E-state index is 0.461. The summed E-state index contributed by atoms with van der Waals surface area (Å²) >= 11 is 0. The first-order chi connectivity index (χ1) is 5.33. The van der Waals surface area contributed by atoms with Crippen molar-refractivity contribution in [1.82, 2.24) is 0 Å². The lowest BCUT2D eigenvalue weighted by Gasteiger charge is -2.08. The first-order valence-corrected chi connectivity index (χ1v) is 4.69. The maximum Gasteiger partial charge on any atom is 0.00415 e. The highest BCUT2D eigenvalue weighted by molar-refractivity contribution is 4.78. The molecule has 0 amide bonds. The molecule has 11 heavy (non-hydrogen) atoms. The van der Waals surface area contributed by atoms with Crippen LogP contribution in [-0.2, 0) is 0 Å². The lowest BCUT2D eigenvalue weighted by molar-refractivity contribution is 0.518. The van der Waals surface area contributed by atoms with Crippen LogP contribution in [0.4, 0.5) is 0 Å². The molecule has 0 spiro atoms. The van der Waals surface area contributed by atoms with E-state index in [4.69, 9.17) is 5.73 Å². The fourth-order valence-electron chi connectivity index (χ4n) is 1.42. The Morgan fingerprint density at radius 2 is 2.27 bits per heavy atom. The highest BCUT2D eigenvalue weighted by Gasteiger charge is 2.23. The Kier molecular flexibility index (Phi) is 3.64. The zero-order valence-electron chi connectivity index (χ0n) is 7.26. The van der Waals surface area contributed by atoms with E-state index in [1.54, 1.807) is 0 Å². The van der Waals surface area contributed by atoms with Gasteiger partial charge in [-0.15, -0.1) is 6.58 Å². The second-order valence-corrected chi connectivity index (χ2v) is 3.66. The van der Waals surface area contributed by atoms with Crippen molar-refractivity contribution in [2.45, 2.75) is 44.6 Å². The molecule has 1 unspecified atom stereocenters. The fourth-order valence-corrected chi connectivity index (χ4v) is 1.42. The normalized spacial score (nSPS) is 19.7. The predicted molar refractivity (Wildman–Crippen MR) is 49.4 cm³/mol. The molecule has 0 aliphatic heterocycles. The van der Waals surface area contributed by atoms with Crippen molar-refractivity contribution in [1.29, 1.82) is 0 Å². The molecule has 0 radical (unpaired) electrons. The van der Waals surface area contributed by atoms with Gasteiger partial charge in [-0.1, -0.05) is 18.9 Å². The zero-order chi connectivity index (χ0) is 8.10. The van der Waals surface area contributed by atoms with Gasteiger partial charge >= 0.3 is 0 Å². The Balaban J connectivity index is 1.91. The molecule has 0 saturated heterocycles. The molecule has 64 valence electrons. The van der Waals surface area contributed by atoms with Crippen LogP contribution < -0.4 is 5.73 Å². The van der Waals surface area contributed by atoms with E-state index in [0.29, 0.717) is 6.04 Å². The maximum atomic E-state index is 5.92. The van der Waals surface area contributed by atoms with E-state index in [2.05, 4.69) is 6.58 Å². The quantitative estimate of drug-likeness (QED) is 0.460. The van der Waals surface area contributed by atoms with Crippen LogP contribution in [0.1, 0.15) is 38.5 Å². The lowest BCUT2D eigenvalue weighted by Crippen LogP contribution is -2.20. The van der Waals surface area contributed by atoms with Gasteiger partial charge in [-0.2, -0.15) is 0 Å². The van der Waals surface area contributed by atoms with Gasteiger partial charge in [0.1, 0.15) is 0 Å². The molecule has 0 heterocycles. The summed E-state index contributed by atoms with van der Waals surface area (Å²) in [6, 6.07) is 0.461. The van der Waals surface area contributed by atoms with E-state index in [9.17, 15) is 0 Å². The number of rotatable bonds is 6. The summed E-state index contributed by atoms with van der Waals surface area (Å²) < 4.78 is 0. The van der Waals surface area contributed by atoms with Crippen molar-refractivity contribution in [2.75, 3.05) is 0 Å². The summed E-state index contributed by atoms with van der Waals surface area (Å²) in [5.74, 6) is 0.980. The van der Waals surface area contributed by atoms with Crippen molar-refractivity contribution in [3.05, 3.63) is 12.7 Å². The van der Waals surface area contributed by atoms with Crippen molar-refractivity contribution in [3.8, 4) is 0 Å².